The zero-order valence-corrected chi connectivity index (χ0v) is 18.5. The summed E-state index contributed by atoms with van der Waals surface area (Å²) in [6.45, 7) is 10.3. The Morgan fingerprint density at radius 1 is 1.10 bits per heavy atom. The molecule has 1 N–H and O–H groups in total. The Balaban J connectivity index is 1.56. The molecule has 0 aliphatic heterocycles. The molecule has 0 spiro atoms. The van der Waals surface area contributed by atoms with Crippen molar-refractivity contribution in [3.05, 3.63) is 65.2 Å². The first-order chi connectivity index (χ1) is 15.0. The third-order valence-corrected chi connectivity index (χ3v) is 5.58. The van der Waals surface area contributed by atoms with E-state index in [1.165, 1.54) is 0 Å². The van der Waals surface area contributed by atoms with E-state index >= 15 is 0 Å². The van der Waals surface area contributed by atoms with Crippen LogP contribution >= 0.6 is 0 Å². The maximum Gasteiger partial charge on any atom is 0.252 e. The minimum absolute atomic E-state index is 0.0891. The van der Waals surface area contributed by atoms with Gasteiger partial charge in [0.05, 0.1) is 28.7 Å². The lowest BCUT2D eigenvalue weighted by molar-refractivity contribution is 0.0954. The number of carbonyl (C=O) groups is 1. The number of para-hydroxylation sites is 1. The lowest BCUT2D eigenvalue weighted by Crippen LogP contribution is -2.26. The molecule has 0 atom stereocenters. The van der Waals surface area contributed by atoms with Crippen molar-refractivity contribution in [3.8, 4) is 11.3 Å². The summed E-state index contributed by atoms with van der Waals surface area (Å²) in [5.74, 6) is -0.0891. The number of hydrogen-bond acceptors (Lipinski definition) is 4. The number of pyridine rings is 1. The van der Waals surface area contributed by atoms with Crippen LogP contribution in [0.3, 0.4) is 0 Å². The molecule has 0 radical (unpaired) electrons. The quantitative estimate of drug-likeness (QED) is 0.461. The van der Waals surface area contributed by atoms with Gasteiger partial charge in [0.25, 0.3) is 5.91 Å². The van der Waals surface area contributed by atoms with Gasteiger partial charge in [-0.15, -0.1) is 0 Å². The number of aromatic nitrogens is 5. The van der Waals surface area contributed by atoms with E-state index in [1.54, 1.807) is 0 Å². The molecule has 1 amide bonds. The fraction of sp³-hybridized carbons (Fsp3) is 0.333. The van der Waals surface area contributed by atoms with Gasteiger partial charge in [-0.3, -0.25) is 14.2 Å². The molecule has 1 aromatic carbocycles. The first-order valence-electron chi connectivity index (χ1n) is 10.7. The highest BCUT2D eigenvalue weighted by Gasteiger charge is 2.16. The van der Waals surface area contributed by atoms with Crippen LogP contribution in [0.25, 0.3) is 22.2 Å². The number of benzene rings is 1. The van der Waals surface area contributed by atoms with Crippen molar-refractivity contribution >= 4 is 16.8 Å². The van der Waals surface area contributed by atoms with E-state index < -0.39 is 0 Å². The summed E-state index contributed by atoms with van der Waals surface area (Å²) in [6.07, 6.45) is 2.64. The smallest absolute Gasteiger partial charge is 0.252 e. The standard InChI is InChI=1S/C24H28N6O/c1-5-29-18(4)21(15-26-29)23-14-20(19-9-6-7-10-22(19)27-23)24(31)25-11-8-12-30-17(3)13-16(2)28-30/h6-7,9-10,13-15H,5,8,11-12H2,1-4H3,(H,25,31). The van der Waals surface area contributed by atoms with Crippen molar-refractivity contribution in [2.24, 2.45) is 0 Å². The van der Waals surface area contributed by atoms with E-state index in [1.807, 2.05) is 66.7 Å². The Bertz CT molecular complexity index is 1240. The van der Waals surface area contributed by atoms with Crippen molar-refractivity contribution in [1.29, 1.82) is 0 Å². The molecule has 7 nitrogen and oxygen atoms in total. The van der Waals surface area contributed by atoms with Gasteiger partial charge >= 0.3 is 0 Å². The van der Waals surface area contributed by atoms with Gasteiger partial charge in [0.1, 0.15) is 0 Å². The van der Waals surface area contributed by atoms with Crippen LogP contribution in [0.5, 0.6) is 0 Å². The van der Waals surface area contributed by atoms with Gasteiger partial charge in [-0.1, -0.05) is 18.2 Å². The Kier molecular flexibility index (Phi) is 5.84. The van der Waals surface area contributed by atoms with Gasteiger partial charge < -0.3 is 5.32 Å². The summed E-state index contributed by atoms with van der Waals surface area (Å²) in [7, 11) is 0. The van der Waals surface area contributed by atoms with Crippen molar-refractivity contribution in [2.45, 2.75) is 47.2 Å². The predicted octanol–water partition coefficient (Wildman–Crippen LogP) is 4.06. The molecule has 0 aliphatic rings. The van der Waals surface area contributed by atoms with Gasteiger partial charge in [-0.2, -0.15) is 10.2 Å². The fourth-order valence-corrected chi connectivity index (χ4v) is 3.95. The molecular weight excluding hydrogens is 388 g/mol. The number of aryl methyl sites for hydroxylation is 4. The van der Waals surface area contributed by atoms with E-state index in [2.05, 4.69) is 28.5 Å². The molecule has 0 fully saturated rings. The van der Waals surface area contributed by atoms with Crippen LogP contribution < -0.4 is 5.32 Å². The average molecular weight is 417 g/mol. The zero-order chi connectivity index (χ0) is 22.0. The van der Waals surface area contributed by atoms with Gasteiger partial charge in [0, 0.05) is 42.0 Å². The molecule has 4 rings (SSSR count). The van der Waals surface area contributed by atoms with E-state index in [4.69, 9.17) is 4.98 Å². The van der Waals surface area contributed by atoms with Crippen molar-refractivity contribution in [3.63, 3.8) is 0 Å². The molecule has 7 heteroatoms. The Labute approximate surface area is 182 Å². The van der Waals surface area contributed by atoms with Crippen molar-refractivity contribution in [1.82, 2.24) is 29.9 Å². The minimum Gasteiger partial charge on any atom is -0.352 e. The number of nitrogens with one attached hydrogen (secondary N) is 1. The van der Waals surface area contributed by atoms with Crippen LogP contribution in [-0.2, 0) is 13.1 Å². The van der Waals surface area contributed by atoms with Gasteiger partial charge in [-0.25, -0.2) is 4.98 Å². The number of fused-ring (bicyclic) bond motifs is 1. The van der Waals surface area contributed by atoms with Crippen LogP contribution in [0.2, 0.25) is 0 Å². The second kappa shape index (κ2) is 8.71. The topological polar surface area (TPSA) is 77.6 Å². The highest BCUT2D eigenvalue weighted by molar-refractivity contribution is 6.07. The molecule has 4 aromatic rings. The largest absolute Gasteiger partial charge is 0.352 e. The molecule has 0 unspecified atom stereocenters. The van der Waals surface area contributed by atoms with Crippen molar-refractivity contribution < 1.29 is 4.79 Å². The summed E-state index contributed by atoms with van der Waals surface area (Å²) < 4.78 is 3.92. The Morgan fingerprint density at radius 3 is 2.61 bits per heavy atom. The summed E-state index contributed by atoms with van der Waals surface area (Å²) in [5, 5.41) is 12.8. The first kappa shape index (κ1) is 20.8. The molecular formula is C24H28N6O. The third-order valence-electron chi connectivity index (χ3n) is 5.58. The van der Waals surface area contributed by atoms with Gasteiger partial charge in [0.2, 0.25) is 0 Å². The molecule has 31 heavy (non-hydrogen) atoms. The number of amides is 1. The summed E-state index contributed by atoms with van der Waals surface area (Å²) in [5.41, 5.74) is 6.35. The lowest BCUT2D eigenvalue weighted by atomic mass is 10.0. The van der Waals surface area contributed by atoms with Crippen LogP contribution in [0.4, 0.5) is 0 Å². The molecule has 0 saturated heterocycles. The van der Waals surface area contributed by atoms with Crippen LogP contribution in [0.15, 0.2) is 42.6 Å². The van der Waals surface area contributed by atoms with E-state index in [-0.39, 0.29) is 5.91 Å². The second-order valence-electron chi connectivity index (χ2n) is 7.79. The number of carbonyl (C=O) groups excluding carboxylic acids is 1. The monoisotopic (exact) mass is 416 g/mol. The minimum atomic E-state index is -0.0891. The Hall–Kier alpha value is -3.48. The Morgan fingerprint density at radius 2 is 1.90 bits per heavy atom. The lowest BCUT2D eigenvalue weighted by Gasteiger charge is -2.11. The maximum atomic E-state index is 13.1. The zero-order valence-electron chi connectivity index (χ0n) is 18.5. The fourth-order valence-electron chi connectivity index (χ4n) is 3.95. The van der Waals surface area contributed by atoms with Crippen LogP contribution in [-0.4, -0.2) is 37.0 Å². The van der Waals surface area contributed by atoms with Crippen LogP contribution in [0, 0.1) is 20.8 Å². The first-order valence-corrected chi connectivity index (χ1v) is 10.7. The maximum absolute atomic E-state index is 13.1. The van der Waals surface area contributed by atoms with E-state index in [9.17, 15) is 4.79 Å². The number of rotatable bonds is 7. The van der Waals surface area contributed by atoms with Crippen LogP contribution in [0.1, 0.15) is 40.8 Å². The van der Waals surface area contributed by atoms with Gasteiger partial charge in [-0.05, 0) is 52.3 Å². The predicted molar refractivity (Wildman–Crippen MR) is 122 cm³/mol. The average Bonchev–Trinajstić information content (AvgIpc) is 3.30. The molecule has 0 saturated carbocycles. The molecule has 0 aliphatic carbocycles. The van der Waals surface area contributed by atoms with E-state index in [0.29, 0.717) is 12.1 Å². The molecule has 3 heterocycles. The third kappa shape index (κ3) is 4.21. The highest BCUT2D eigenvalue weighted by Crippen LogP contribution is 2.27. The second-order valence-corrected chi connectivity index (χ2v) is 7.79. The summed E-state index contributed by atoms with van der Waals surface area (Å²) in [4.78, 5) is 17.9. The molecule has 160 valence electrons. The number of nitrogens with zero attached hydrogens (tertiary/aromatic N) is 5. The number of hydrogen-bond donors (Lipinski definition) is 1. The molecule has 3 aromatic heterocycles. The van der Waals surface area contributed by atoms with E-state index in [0.717, 1.165) is 58.8 Å². The summed E-state index contributed by atoms with van der Waals surface area (Å²) >= 11 is 0. The molecule has 0 bridgehead atoms. The summed E-state index contributed by atoms with van der Waals surface area (Å²) in [6, 6.07) is 11.7. The van der Waals surface area contributed by atoms with Gasteiger partial charge in [0.15, 0.2) is 0 Å². The SMILES string of the molecule is CCn1ncc(-c2cc(C(=O)NCCCn3nc(C)cc3C)c3ccccc3n2)c1C. The van der Waals surface area contributed by atoms with Crippen molar-refractivity contribution in [2.75, 3.05) is 6.54 Å². The normalized spacial score (nSPS) is 11.2. The highest BCUT2D eigenvalue weighted by atomic mass is 16.1.